The van der Waals surface area contributed by atoms with Gasteiger partial charge in [0.1, 0.15) is 22.4 Å². The Kier molecular flexibility index (Phi) is 3.09. The molecule has 2 N–H and O–H groups in total. The van der Waals surface area contributed by atoms with Gasteiger partial charge < -0.3 is 10.6 Å². The molecule has 1 aliphatic rings. The third-order valence-corrected chi connectivity index (χ3v) is 3.49. The third-order valence-electron chi connectivity index (χ3n) is 2.74. The fourth-order valence-electron chi connectivity index (χ4n) is 1.86. The molecule has 82 valence electrons. The number of hydrogen-bond acceptors (Lipinski definition) is 4. The number of anilines is 2. The van der Waals surface area contributed by atoms with Crippen molar-refractivity contribution in [3.8, 4) is 0 Å². The SMILES string of the molecule is CNc1ncnc(NC2CC(C)C2)c1Br. The Morgan fingerprint density at radius 3 is 2.60 bits per heavy atom. The minimum absolute atomic E-state index is 0.566. The number of aromatic nitrogens is 2. The molecule has 0 atom stereocenters. The van der Waals surface area contributed by atoms with E-state index in [1.165, 1.54) is 12.8 Å². The van der Waals surface area contributed by atoms with Gasteiger partial charge in [-0.2, -0.15) is 0 Å². The summed E-state index contributed by atoms with van der Waals surface area (Å²) in [6.07, 6.45) is 4.03. The number of halogens is 1. The van der Waals surface area contributed by atoms with E-state index in [0.29, 0.717) is 6.04 Å². The van der Waals surface area contributed by atoms with Gasteiger partial charge in [-0.05, 0) is 34.7 Å². The van der Waals surface area contributed by atoms with Crippen LogP contribution >= 0.6 is 15.9 Å². The van der Waals surface area contributed by atoms with Crippen molar-refractivity contribution < 1.29 is 0 Å². The van der Waals surface area contributed by atoms with Crippen LogP contribution in [-0.4, -0.2) is 23.1 Å². The Labute approximate surface area is 98.0 Å². The predicted molar refractivity (Wildman–Crippen MR) is 65.1 cm³/mol. The first-order valence-electron chi connectivity index (χ1n) is 5.15. The fourth-order valence-corrected chi connectivity index (χ4v) is 2.38. The number of rotatable bonds is 3. The maximum absolute atomic E-state index is 4.22. The van der Waals surface area contributed by atoms with Crippen LogP contribution in [0.25, 0.3) is 0 Å². The van der Waals surface area contributed by atoms with Crippen LogP contribution in [0.1, 0.15) is 19.8 Å². The van der Waals surface area contributed by atoms with Crippen LogP contribution in [-0.2, 0) is 0 Å². The van der Waals surface area contributed by atoms with Gasteiger partial charge in [0, 0.05) is 13.1 Å². The van der Waals surface area contributed by atoms with Gasteiger partial charge >= 0.3 is 0 Å². The maximum atomic E-state index is 4.22. The summed E-state index contributed by atoms with van der Waals surface area (Å²) in [5.74, 6) is 2.54. The van der Waals surface area contributed by atoms with Crippen molar-refractivity contribution >= 4 is 27.6 Å². The smallest absolute Gasteiger partial charge is 0.146 e. The lowest BCUT2D eigenvalue weighted by Gasteiger charge is -2.33. The van der Waals surface area contributed by atoms with Crippen LogP contribution in [0, 0.1) is 5.92 Å². The van der Waals surface area contributed by atoms with Gasteiger partial charge in [0.25, 0.3) is 0 Å². The van der Waals surface area contributed by atoms with Gasteiger partial charge in [-0.15, -0.1) is 0 Å². The maximum Gasteiger partial charge on any atom is 0.146 e. The predicted octanol–water partition coefficient (Wildman–Crippen LogP) is 2.49. The topological polar surface area (TPSA) is 49.8 Å². The highest BCUT2D eigenvalue weighted by atomic mass is 79.9. The normalized spacial score (nSPS) is 24.5. The highest BCUT2D eigenvalue weighted by Crippen LogP contribution is 2.32. The van der Waals surface area contributed by atoms with E-state index in [9.17, 15) is 0 Å². The molecule has 0 aromatic carbocycles. The second-order valence-electron chi connectivity index (χ2n) is 4.05. The summed E-state index contributed by atoms with van der Waals surface area (Å²) in [6, 6.07) is 0.566. The molecule has 0 spiro atoms. The lowest BCUT2D eigenvalue weighted by molar-refractivity contribution is 0.308. The molecular weight excluding hydrogens is 256 g/mol. The average molecular weight is 271 g/mol. The summed E-state index contributed by atoms with van der Waals surface area (Å²) in [4.78, 5) is 8.34. The number of nitrogens with one attached hydrogen (secondary N) is 2. The minimum atomic E-state index is 0.566. The van der Waals surface area contributed by atoms with Crippen molar-refractivity contribution in [1.29, 1.82) is 0 Å². The van der Waals surface area contributed by atoms with Crippen LogP contribution < -0.4 is 10.6 Å². The lowest BCUT2D eigenvalue weighted by atomic mass is 9.82. The summed E-state index contributed by atoms with van der Waals surface area (Å²) < 4.78 is 0.909. The van der Waals surface area contributed by atoms with E-state index in [4.69, 9.17) is 0 Å². The summed E-state index contributed by atoms with van der Waals surface area (Å²) in [7, 11) is 1.85. The van der Waals surface area contributed by atoms with Gasteiger partial charge in [-0.25, -0.2) is 9.97 Å². The fraction of sp³-hybridized carbons (Fsp3) is 0.600. The van der Waals surface area contributed by atoms with Gasteiger partial charge in [-0.3, -0.25) is 0 Å². The molecule has 1 fully saturated rings. The largest absolute Gasteiger partial charge is 0.372 e. The molecule has 0 radical (unpaired) electrons. The zero-order valence-electron chi connectivity index (χ0n) is 8.92. The molecule has 0 aliphatic heterocycles. The molecule has 15 heavy (non-hydrogen) atoms. The van der Waals surface area contributed by atoms with Crippen molar-refractivity contribution in [2.24, 2.45) is 5.92 Å². The molecule has 1 heterocycles. The molecule has 0 saturated heterocycles. The first kappa shape index (κ1) is 10.7. The molecule has 0 amide bonds. The average Bonchev–Trinajstić information content (AvgIpc) is 2.18. The number of nitrogens with zero attached hydrogens (tertiary/aromatic N) is 2. The third kappa shape index (κ3) is 2.22. The Morgan fingerprint density at radius 2 is 2.00 bits per heavy atom. The van der Waals surface area contributed by atoms with Crippen molar-refractivity contribution in [2.45, 2.75) is 25.8 Å². The Hall–Kier alpha value is -0.840. The highest BCUT2D eigenvalue weighted by molar-refractivity contribution is 9.10. The quantitative estimate of drug-likeness (QED) is 0.886. The second-order valence-corrected chi connectivity index (χ2v) is 4.85. The van der Waals surface area contributed by atoms with Gasteiger partial charge in [0.05, 0.1) is 0 Å². The van der Waals surface area contributed by atoms with Crippen LogP contribution in [0.5, 0.6) is 0 Å². The van der Waals surface area contributed by atoms with Gasteiger partial charge in [0.2, 0.25) is 0 Å². The molecule has 4 nitrogen and oxygen atoms in total. The molecule has 0 unspecified atom stereocenters. The summed E-state index contributed by atoms with van der Waals surface area (Å²) in [5.41, 5.74) is 0. The first-order chi connectivity index (χ1) is 7.20. The van der Waals surface area contributed by atoms with E-state index in [0.717, 1.165) is 22.0 Å². The monoisotopic (exact) mass is 270 g/mol. The van der Waals surface area contributed by atoms with E-state index < -0.39 is 0 Å². The van der Waals surface area contributed by atoms with E-state index in [2.05, 4.69) is 43.5 Å². The Morgan fingerprint density at radius 1 is 1.33 bits per heavy atom. The molecule has 1 aromatic heterocycles. The summed E-state index contributed by atoms with van der Waals surface area (Å²) in [6.45, 7) is 2.27. The zero-order valence-corrected chi connectivity index (χ0v) is 10.5. The standard InChI is InChI=1S/C10H15BrN4/c1-6-3-7(4-6)15-10-8(11)9(12-2)13-5-14-10/h5-7H,3-4H2,1-2H3,(H2,12,13,14,15). The van der Waals surface area contributed by atoms with E-state index in [1.807, 2.05) is 7.05 Å². The van der Waals surface area contributed by atoms with Crippen LogP contribution in [0.4, 0.5) is 11.6 Å². The summed E-state index contributed by atoms with van der Waals surface area (Å²) >= 11 is 3.49. The molecule has 2 rings (SSSR count). The van der Waals surface area contributed by atoms with Gasteiger partial charge in [0.15, 0.2) is 0 Å². The zero-order chi connectivity index (χ0) is 10.8. The molecule has 1 saturated carbocycles. The van der Waals surface area contributed by atoms with E-state index >= 15 is 0 Å². The summed E-state index contributed by atoms with van der Waals surface area (Å²) in [5, 5.41) is 6.43. The Bertz CT molecular complexity index is 349. The van der Waals surface area contributed by atoms with E-state index in [1.54, 1.807) is 6.33 Å². The van der Waals surface area contributed by atoms with Gasteiger partial charge in [-0.1, -0.05) is 6.92 Å². The van der Waals surface area contributed by atoms with E-state index in [-0.39, 0.29) is 0 Å². The minimum Gasteiger partial charge on any atom is -0.372 e. The van der Waals surface area contributed by atoms with Crippen molar-refractivity contribution in [1.82, 2.24) is 9.97 Å². The first-order valence-corrected chi connectivity index (χ1v) is 5.94. The molecule has 1 aliphatic carbocycles. The van der Waals surface area contributed by atoms with Crippen LogP contribution in [0.3, 0.4) is 0 Å². The molecule has 0 bridgehead atoms. The molecular formula is C10H15BrN4. The van der Waals surface area contributed by atoms with Crippen LogP contribution in [0.15, 0.2) is 10.8 Å². The van der Waals surface area contributed by atoms with Crippen LogP contribution in [0.2, 0.25) is 0 Å². The highest BCUT2D eigenvalue weighted by Gasteiger charge is 2.26. The van der Waals surface area contributed by atoms with Crippen molar-refractivity contribution in [3.05, 3.63) is 10.8 Å². The van der Waals surface area contributed by atoms with Crippen molar-refractivity contribution in [2.75, 3.05) is 17.7 Å². The Balaban J connectivity index is 2.07. The molecule has 1 aromatic rings. The second kappa shape index (κ2) is 4.35. The molecule has 5 heteroatoms. The number of hydrogen-bond donors (Lipinski definition) is 2. The van der Waals surface area contributed by atoms with Crippen molar-refractivity contribution in [3.63, 3.8) is 0 Å². The lowest BCUT2D eigenvalue weighted by Crippen LogP contribution is -2.34.